The number of hydrogen-bond donors (Lipinski definition) is 0. The van der Waals surface area contributed by atoms with E-state index in [1.807, 2.05) is 42.5 Å². The second kappa shape index (κ2) is 4.54. The second-order valence-corrected chi connectivity index (χ2v) is 6.88. The van der Waals surface area contributed by atoms with Crippen molar-refractivity contribution in [2.45, 2.75) is 12.8 Å². The fourth-order valence-electron chi connectivity index (χ4n) is 4.64. The van der Waals surface area contributed by atoms with Crippen molar-refractivity contribution in [3.05, 3.63) is 54.6 Å². The minimum Gasteiger partial charge on any atom is -0.274 e. The van der Waals surface area contributed by atoms with Crippen molar-refractivity contribution in [2.75, 3.05) is 4.90 Å². The van der Waals surface area contributed by atoms with E-state index >= 15 is 0 Å². The predicted molar refractivity (Wildman–Crippen MR) is 88.8 cm³/mol. The van der Waals surface area contributed by atoms with Gasteiger partial charge in [0.15, 0.2) is 0 Å². The van der Waals surface area contributed by atoms with Gasteiger partial charge in [-0.1, -0.05) is 42.5 Å². The molecule has 2 fully saturated rings. The van der Waals surface area contributed by atoms with Gasteiger partial charge in [-0.05, 0) is 47.6 Å². The summed E-state index contributed by atoms with van der Waals surface area (Å²) in [7, 11) is 0. The van der Waals surface area contributed by atoms with Crippen molar-refractivity contribution in [3.63, 3.8) is 0 Å². The lowest BCUT2D eigenvalue weighted by molar-refractivity contribution is -0.124. The van der Waals surface area contributed by atoms with Crippen molar-refractivity contribution in [3.8, 4) is 0 Å². The van der Waals surface area contributed by atoms with E-state index in [9.17, 15) is 9.59 Å². The van der Waals surface area contributed by atoms with E-state index in [0.717, 1.165) is 23.6 Å². The Balaban J connectivity index is 1.60. The summed E-state index contributed by atoms with van der Waals surface area (Å²) in [4.78, 5) is 27.3. The average molecular weight is 303 g/mol. The summed E-state index contributed by atoms with van der Waals surface area (Å²) >= 11 is 0. The van der Waals surface area contributed by atoms with Crippen molar-refractivity contribution >= 4 is 28.3 Å². The number of benzene rings is 2. The third-order valence-corrected chi connectivity index (χ3v) is 5.75. The van der Waals surface area contributed by atoms with Crippen LogP contribution in [-0.4, -0.2) is 11.8 Å². The van der Waals surface area contributed by atoms with Gasteiger partial charge in [0, 0.05) is 0 Å². The molecule has 1 saturated heterocycles. The molecule has 0 spiro atoms. The molecule has 3 heteroatoms. The minimum absolute atomic E-state index is 0.00525. The smallest absolute Gasteiger partial charge is 0.238 e. The quantitative estimate of drug-likeness (QED) is 0.597. The molecule has 2 aromatic carbocycles. The highest BCUT2D eigenvalue weighted by molar-refractivity contribution is 6.23. The van der Waals surface area contributed by atoms with Gasteiger partial charge in [-0.2, -0.15) is 0 Å². The Morgan fingerprint density at radius 3 is 2.00 bits per heavy atom. The lowest BCUT2D eigenvalue weighted by Crippen LogP contribution is -2.38. The Morgan fingerprint density at radius 1 is 0.783 bits per heavy atom. The average Bonchev–Trinajstić information content (AvgIpc) is 2.89. The number of rotatable bonds is 1. The molecule has 2 bridgehead atoms. The standard InChI is InChI=1S/C20H17NO2/c22-19-17-13-5-6-14(8-7-13)18(17)20(23)21(19)16-10-9-12-3-1-2-4-15(12)11-16/h1-6,9-11,13-14,17-18H,7-8H2. The minimum atomic E-state index is -0.141. The Morgan fingerprint density at radius 2 is 1.39 bits per heavy atom. The van der Waals surface area contributed by atoms with Crippen LogP contribution in [0, 0.1) is 23.7 Å². The van der Waals surface area contributed by atoms with Gasteiger partial charge >= 0.3 is 0 Å². The van der Waals surface area contributed by atoms with Crippen LogP contribution in [0.3, 0.4) is 0 Å². The molecule has 0 N–H and O–H groups in total. The van der Waals surface area contributed by atoms with Crippen LogP contribution in [0.25, 0.3) is 10.8 Å². The van der Waals surface area contributed by atoms with Crippen molar-refractivity contribution in [1.82, 2.24) is 0 Å². The van der Waals surface area contributed by atoms with Crippen LogP contribution in [-0.2, 0) is 9.59 Å². The van der Waals surface area contributed by atoms with Gasteiger partial charge < -0.3 is 0 Å². The number of amides is 2. The number of allylic oxidation sites excluding steroid dienone is 2. The maximum Gasteiger partial charge on any atom is 0.238 e. The van der Waals surface area contributed by atoms with Crippen LogP contribution in [0.15, 0.2) is 54.6 Å². The number of nitrogens with zero attached hydrogens (tertiary/aromatic N) is 1. The lowest BCUT2D eigenvalue weighted by atomic mass is 9.63. The number of imide groups is 1. The summed E-state index contributed by atoms with van der Waals surface area (Å²) < 4.78 is 0. The first-order chi connectivity index (χ1) is 11.2. The normalized spacial score (nSPS) is 31.9. The zero-order valence-corrected chi connectivity index (χ0v) is 12.7. The third kappa shape index (κ3) is 1.70. The van der Waals surface area contributed by atoms with Crippen LogP contribution in [0.4, 0.5) is 5.69 Å². The summed E-state index contributed by atoms with van der Waals surface area (Å²) in [6.45, 7) is 0. The van der Waals surface area contributed by atoms with Gasteiger partial charge in [0.25, 0.3) is 0 Å². The second-order valence-electron chi connectivity index (χ2n) is 6.88. The molecule has 23 heavy (non-hydrogen) atoms. The van der Waals surface area contributed by atoms with E-state index in [4.69, 9.17) is 0 Å². The summed E-state index contributed by atoms with van der Waals surface area (Å²) in [5, 5.41) is 2.18. The van der Waals surface area contributed by atoms with Crippen LogP contribution >= 0.6 is 0 Å². The first kappa shape index (κ1) is 13.1. The third-order valence-electron chi connectivity index (χ3n) is 5.75. The van der Waals surface area contributed by atoms with Gasteiger partial charge in [0.1, 0.15) is 0 Å². The molecule has 1 heterocycles. The fourth-order valence-corrected chi connectivity index (χ4v) is 4.64. The highest BCUT2D eigenvalue weighted by atomic mass is 16.2. The van der Waals surface area contributed by atoms with Crippen molar-refractivity contribution in [1.29, 1.82) is 0 Å². The molecule has 2 amide bonds. The van der Waals surface area contributed by atoms with Gasteiger partial charge in [0.05, 0.1) is 17.5 Å². The summed E-state index contributed by atoms with van der Waals surface area (Å²) in [6.07, 6.45) is 6.38. The van der Waals surface area contributed by atoms with E-state index in [1.54, 1.807) is 0 Å². The molecule has 2 aromatic rings. The largest absolute Gasteiger partial charge is 0.274 e. The summed E-state index contributed by atoms with van der Waals surface area (Å²) in [5.74, 6) is 0.193. The molecule has 3 aliphatic carbocycles. The van der Waals surface area contributed by atoms with Crippen molar-refractivity contribution < 1.29 is 9.59 Å². The maximum atomic E-state index is 12.9. The number of carbonyl (C=O) groups excluding carboxylic acids is 2. The van der Waals surface area contributed by atoms with E-state index in [-0.39, 0.29) is 35.5 Å². The molecule has 1 aliphatic heterocycles. The number of anilines is 1. The first-order valence-electron chi connectivity index (χ1n) is 8.29. The van der Waals surface area contributed by atoms with E-state index in [0.29, 0.717) is 5.69 Å². The highest BCUT2D eigenvalue weighted by Gasteiger charge is 2.56. The molecular weight excluding hydrogens is 286 g/mol. The molecule has 1 saturated carbocycles. The van der Waals surface area contributed by atoms with Gasteiger partial charge in [-0.3, -0.25) is 9.59 Å². The molecule has 4 atom stereocenters. The predicted octanol–water partition coefficient (Wildman–Crippen LogP) is 3.54. The topological polar surface area (TPSA) is 37.4 Å². The molecule has 3 nitrogen and oxygen atoms in total. The number of carbonyl (C=O) groups is 2. The maximum absolute atomic E-state index is 12.9. The molecule has 0 radical (unpaired) electrons. The van der Waals surface area contributed by atoms with E-state index in [1.165, 1.54) is 4.90 Å². The monoisotopic (exact) mass is 303 g/mol. The molecular formula is C20H17NO2. The number of fused-ring (bicyclic) bond motifs is 2. The van der Waals surface area contributed by atoms with Crippen molar-refractivity contribution in [2.24, 2.45) is 23.7 Å². The lowest BCUT2D eigenvalue weighted by Gasteiger charge is -2.38. The zero-order valence-electron chi connectivity index (χ0n) is 12.7. The Bertz CT molecular complexity index is 837. The van der Waals surface area contributed by atoms with E-state index in [2.05, 4.69) is 12.2 Å². The first-order valence-corrected chi connectivity index (χ1v) is 8.29. The van der Waals surface area contributed by atoms with Crippen LogP contribution in [0.2, 0.25) is 0 Å². The van der Waals surface area contributed by atoms with Crippen LogP contribution in [0.5, 0.6) is 0 Å². The van der Waals surface area contributed by atoms with E-state index < -0.39 is 0 Å². The Labute approximate surface area is 134 Å². The van der Waals surface area contributed by atoms with Crippen LogP contribution in [0.1, 0.15) is 12.8 Å². The van der Waals surface area contributed by atoms with Gasteiger partial charge in [-0.15, -0.1) is 0 Å². The van der Waals surface area contributed by atoms with Gasteiger partial charge in [0.2, 0.25) is 11.8 Å². The SMILES string of the molecule is O=C1C2C3C=CC(CC3)C2C(=O)N1c1ccc2ccccc2c1. The zero-order chi connectivity index (χ0) is 15.6. The Kier molecular flexibility index (Phi) is 2.58. The van der Waals surface area contributed by atoms with Crippen LogP contribution < -0.4 is 4.90 Å². The summed E-state index contributed by atoms with van der Waals surface area (Å²) in [6, 6.07) is 13.9. The molecule has 4 aliphatic rings. The summed E-state index contributed by atoms with van der Waals surface area (Å²) in [5.41, 5.74) is 0.715. The highest BCUT2D eigenvalue weighted by Crippen LogP contribution is 2.50. The van der Waals surface area contributed by atoms with Gasteiger partial charge in [-0.25, -0.2) is 4.90 Å². The molecule has 114 valence electrons. The Hall–Kier alpha value is -2.42. The fraction of sp³-hybridized carbons (Fsp3) is 0.300. The molecule has 4 unspecified atom stereocenters. The molecule has 0 aromatic heterocycles. The number of hydrogen-bond acceptors (Lipinski definition) is 2. The molecule has 6 rings (SSSR count).